The molecule has 1 fully saturated rings. The SMILES string of the molecule is NC(=O)C1(Cc2ccc(Cl)cc2)CN(C(=O)CCC(F)(F)F)C1. The number of halogens is 4. The van der Waals surface area contributed by atoms with Gasteiger partial charge in [-0.1, -0.05) is 23.7 Å². The molecule has 2 amide bonds. The molecule has 1 aliphatic heterocycles. The van der Waals surface area contributed by atoms with Crippen LogP contribution < -0.4 is 5.73 Å². The van der Waals surface area contributed by atoms with E-state index >= 15 is 0 Å². The van der Waals surface area contributed by atoms with Crippen LogP contribution in [0.5, 0.6) is 0 Å². The van der Waals surface area contributed by atoms with Crippen molar-refractivity contribution in [1.82, 2.24) is 4.90 Å². The van der Waals surface area contributed by atoms with Gasteiger partial charge in [-0.3, -0.25) is 9.59 Å². The number of nitrogens with zero attached hydrogens (tertiary/aromatic N) is 1. The van der Waals surface area contributed by atoms with Crippen LogP contribution in [0.3, 0.4) is 0 Å². The third kappa shape index (κ3) is 4.37. The average molecular weight is 349 g/mol. The molecule has 4 nitrogen and oxygen atoms in total. The molecule has 1 aliphatic rings. The van der Waals surface area contributed by atoms with Crippen LogP contribution in [-0.2, 0) is 16.0 Å². The highest BCUT2D eigenvalue weighted by molar-refractivity contribution is 6.30. The van der Waals surface area contributed by atoms with Gasteiger partial charge in [0.2, 0.25) is 11.8 Å². The molecular formula is C15H16ClF3N2O2. The molecule has 2 rings (SSSR count). The van der Waals surface area contributed by atoms with Crippen molar-refractivity contribution in [3.05, 3.63) is 34.9 Å². The largest absolute Gasteiger partial charge is 0.389 e. The van der Waals surface area contributed by atoms with Crippen LogP contribution in [0, 0.1) is 5.41 Å². The van der Waals surface area contributed by atoms with Gasteiger partial charge in [0, 0.05) is 24.5 Å². The standard InChI is InChI=1S/C15H16ClF3N2O2/c16-11-3-1-10(2-4-11)7-14(13(20)23)8-21(9-14)12(22)5-6-15(17,18)19/h1-4H,5-9H2,(H2,20,23). The summed E-state index contributed by atoms with van der Waals surface area (Å²) in [6, 6.07) is 6.86. The van der Waals surface area contributed by atoms with Crippen LogP contribution >= 0.6 is 11.6 Å². The van der Waals surface area contributed by atoms with Crippen LogP contribution in [0.1, 0.15) is 18.4 Å². The van der Waals surface area contributed by atoms with Crippen molar-refractivity contribution < 1.29 is 22.8 Å². The number of carbonyl (C=O) groups excluding carboxylic acids is 2. The Hall–Kier alpha value is -1.76. The molecule has 1 aromatic rings. The molecule has 23 heavy (non-hydrogen) atoms. The van der Waals surface area contributed by atoms with Gasteiger partial charge in [-0.25, -0.2) is 0 Å². The van der Waals surface area contributed by atoms with Crippen molar-refractivity contribution in [2.75, 3.05) is 13.1 Å². The number of nitrogens with two attached hydrogens (primary N) is 1. The molecule has 2 N–H and O–H groups in total. The Labute approximate surface area is 136 Å². The molecule has 0 aliphatic carbocycles. The average Bonchev–Trinajstić information content (AvgIpc) is 2.40. The molecule has 0 spiro atoms. The summed E-state index contributed by atoms with van der Waals surface area (Å²) in [6.45, 7) is 0.0866. The summed E-state index contributed by atoms with van der Waals surface area (Å²) in [5.74, 6) is -1.18. The second-order valence-corrected chi connectivity index (χ2v) is 6.25. The van der Waals surface area contributed by atoms with Gasteiger partial charge in [0.05, 0.1) is 11.8 Å². The number of hydrogen-bond acceptors (Lipinski definition) is 2. The highest BCUT2D eigenvalue weighted by Gasteiger charge is 2.49. The zero-order valence-corrected chi connectivity index (χ0v) is 13.0. The van der Waals surface area contributed by atoms with E-state index in [0.29, 0.717) is 11.4 Å². The van der Waals surface area contributed by atoms with E-state index in [-0.39, 0.29) is 13.1 Å². The monoisotopic (exact) mass is 348 g/mol. The Bertz CT molecular complexity index is 596. The van der Waals surface area contributed by atoms with Gasteiger partial charge in [0.15, 0.2) is 0 Å². The maximum absolute atomic E-state index is 12.1. The third-order valence-electron chi connectivity index (χ3n) is 3.94. The maximum Gasteiger partial charge on any atom is 0.389 e. The smallest absolute Gasteiger partial charge is 0.369 e. The lowest BCUT2D eigenvalue weighted by Crippen LogP contribution is -2.64. The number of benzene rings is 1. The zero-order valence-electron chi connectivity index (χ0n) is 12.2. The number of rotatable bonds is 5. The fraction of sp³-hybridized carbons (Fsp3) is 0.467. The van der Waals surface area contributed by atoms with Crippen LogP contribution in [0.4, 0.5) is 13.2 Å². The van der Waals surface area contributed by atoms with E-state index in [2.05, 4.69) is 0 Å². The molecule has 1 aromatic carbocycles. The fourth-order valence-electron chi connectivity index (χ4n) is 2.62. The van der Waals surface area contributed by atoms with E-state index in [1.54, 1.807) is 24.3 Å². The molecule has 0 saturated carbocycles. The van der Waals surface area contributed by atoms with Gasteiger partial charge >= 0.3 is 6.18 Å². The Morgan fingerprint density at radius 2 is 1.78 bits per heavy atom. The van der Waals surface area contributed by atoms with Gasteiger partial charge in [-0.15, -0.1) is 0 Å². The van der Waals surface area contributed by atoms with Crippen molar-refractivity contribution >= 4 is 23.4 Å². The first kappa shape index (κ1) is 17.6. The summed E-state index contributed by atoms with van der Waals surface area (Å²) in [5, 5.41) is 0.555. The first-order valence-corrected chi connectivity index (χ1v) is 7.38. The summed E-state index contributed by atoms with van der Waals surface area (Å²) in [5.41, 5.74) is 5.33. The molecule has 0 aromatic heterocycles. The van der Waals surface area contributed by atoms with Crippen LogP contribution in [0.15, 0.2) is 24.3 Å². The Kier molecular flexibility index (Phi) is 4.89. The lowest BCUT2D eigenvalue weighted by atomic mass is 9.74. The lowest BCUT2D eigenvalue weighted by molar-refractivity contribution is -0.160. The summed E-state index contributed by atoms with van der Waals surface area (Å²) in [6.07, 6.45) is -5.82. The van der Waals surface area contributed by atoms with Gasteiger partial charge in [-0.05, 0) is 24.1 Å². The quantitative estimate of drug-likeness (QED) is 0.888. The summed E-state index contributed by atoms with van der Waals surface area (Å²) < 4.78 is 36.4. The van der Waals surface area contributed by atoms with Crippen molar-refractivity contribution in [2.45, 2.75) is 25.4 Å². The molecule has 0 unspecified atom stereocenters. The molecule has 126 valence electrons. The third-order valence-corrected chi connectivity index (χ3v) is 4.19. The first-order valence-electron chi connectivity index (χ1n) is 7.00. The molecular weight excluding hydrogens is 333 g/mol. The zero-order chi connectivity index (χ0) is 17.3. The number of hydrogen-bond donors (Lipinski definition) is 1. The number of likely N-dealkylation sites (tertiary alicyclic amines) is 1. The summed E-state index contributed by atoms with van der Waals surface area (Å²) >= 11 is 5.79. The summed E-state index contributed by atoms with van der Waals surface area (Å²) in [7, 11) is 0. The van der Waals surface area contributed by atoms with Gasteiger partial charge in [0.1, 0.15) is 0 Å². The van der Waals surface area contributed by atoms with E-state index in [4.69, 9.17) is 17.3 Å². The molecule has 0 bridgehead atoms. The summed E-state index contributed by atoms with van der Waals surface area (Å²) in [4.78, 5) is 24.7. The number of primary amides is 1. The molecule has 1 heterocycles. The van der Waals surface area contributed by atoms with Crippen molar-refractivity contribution in [1.29, 1.82) is 0 Å². The normalized spacial score (nSPS) is 16.8. The van der Waals surface area contributed by atoms with E-state index < -0.39 is 36.2 Å². The Morgan fingerprint density at radius 1 is 1.22 bits per heavy atom. The predicted octanol–water partition coefficient (Wildman–Crippen LogP) is 2.54. The van der Waals surface area contributed by atoms with Crippen LogP contribution in [-0.4, -0.2) is 36.0 Å². The lowest BCUT2D eigenvalue weighted by Gasteiger charge is -2.48. The Balaban J connectivity index is 1.96. The highest BCUT2D eigenvalue weighted by atomic mass is 35.5. The van der Waals surface area contributed by atoms with Crippen molar-refractivity contribution in [3.63, 3.8) is 0 Å². The van der Waals surface area contributed by atoms with E-state index in [1.807, 2.05) is 0 Å². The minimum Gasteiger partial charge on any atom is -0.369 e. The molecule has 1 saturated heterocycles. The van der Waals surface area contributed by atoms with Gasteiger partial charge < -0.3 is 10.6 Å². The van der Waals surface area contributed by atoms with Gasteiger partial charge in [0.25, 0.3) is 0 Å². The second-order valence-electron chi connectivity index (χ2n) is 5.81. The highest BCUT2D eigenvalue weighted by Crippen LogP contribution is 2.35. The second kappa shape index (κ2) is 6.39. The van der Waals surface area contributed by atoms with E-state index in [0.717, 1.165) is 5.56 Å². The maximum atomic E-state index is 12.1. The topological polar surface area (TPSA) is 63.4 Å². The number of amides is 2. The molecule has 0 radical (unpaired) electrons. The van der Waals surface area contributed by atoms with Crippen molar-refractivity contribution in [3.8, 4) is 0 Å². The number of alkyl halides is 3. The van der Waals surface area contributed by atoms with Crippen LogP contribution in [0.2, 0.25) is 5.02 Å². The minimum atomic E-state index is -4.37. The van der Waals surface area contributed by atoms with E-state index in [9.17, 15) is 22.8 Å². The minimum absolute atomic E-state index is 0.0433. The van der Waals surface area contributed by atoms with Crippen molar-refractivity contribution in [2.24, 2.45) is 11.1 Å². The first-order chi connectivity index (χ1) is 10.6. The molecule has 8 heteroatoms. The van der Waals surface area contributed by atoms with Gasteiger partial charge in [-0.2, -0.15) is 13.2 Å². The molecule has 0 atom stereocenters. The van der Waals surface area contributed by atoms with Crippen LogP contribution in [0.25, 0.3) is 0 Å². The van der Waals surface area contributed by atoms with E-state index in [1.165, 1.54) is 4.90 Å². The fourth-order valence-corrected chi connectivity index (χ4v) is 2.74. The Morgan fingerprint density at radius 3 is 2.26 bits per heavy atom. The predicted molar refractivity (Wildman–Crippen MR) is 78.7 cm³/mol. The number of carbonyl (C=O) groups is 2.